The summed E-state index contributed by atoms with van der Waals surface area (Å²) in [5.74, 6) is -0.451. The molecule has 2 heterocycles. The van der Waals surface area contributed by atoms with Crippen molar-refractivity contribution in [1.82, 2.24) is 9.88 Å². The number of nitro groups is 1. The first-order chi connectivity index (χ1) is 11.6. The summed E-state index contributed by atoms with van der Waals surface area (Å²) < 4.78 is 16.8. The third-order valence-corrected chi connectivity index (χ3v) is 3.91. The Morgan fingerprint density at radius 1 is 1.48 bits per heavy atom. The first-order valence-corrected chi connectivity index (χ1v) is 7.88. The van der Waals surface area contributed by atoms with Gasteiger partial charge in [0.2, 0.25) is 12.0 Å². The van der Waals surface area contributed by atoms with E-state index in [9.17, 15) is 14.9 Å². The monoisotopic (exact) mass is 353 g/mol. The average Bonchev–Trinajstić information content (AvgIpc) is 2.84. The first-order valence-electron chi connectivity index (χ1n) is 7.88. The summed E-state index contributed by atoms with van der Waals surface area (Å²) in [5, 5.41) is 11.2. The second kappa shape index (κ2) is 6.83. The Bertz CT molecular complexity index is 660. The molecule has 2 atom stereocenters. The van der Waals surface area contributed by atoms with Crippen LogP contribution >= 0.6 is 0 Å². The first kappa shape index (κ1) is 18.9. The lowest BCUT2D eigenvalue weighted by Crippen LogP contribution is -2.51. The van der Waals surface area contributed by atoms with Crippen molar-refractivity contribution in [3.05, 3.63) is 28.4 Å². The van der Waals surface area contributed by atoms with Gasteiger partial charge in [0.25, 0.3) is 0 Å². The predicted octanol–water partition coefficient (Wildman–Crippen LogP) is 2.74. The number of hydrogen-bond donors (Lipinski definition) is 0. The molecule has 9 heteroatoms. The summed E-state index contributed by atoms with van der Waals surface area (Å²) in [6.45, 7) is 7.41. The average molecular weight is 353 g/mol. The lowest BCUT2D eigenvalue weighted by atomic mass is 10.0. The zero-order chi connectivity index (χ0) is 18.8. The number of amides is 1. The highest BCUT2D eigenvalue weighted by atomic mass is 16.6. The van der Waals surface area contributed by atoms with Crippen LogP contribution in [-0.4, -0.2) is 52.0 Å². The Labute approximate surface area is 146 Å². The largest absolute Gasteiger partial charge is 0.458 e. The van der Waals surface area contributed by atoms with Gasteiger partial charge >= 0.3 is 11.9 Å². The fraction of sp³-hybridized carbons (Fsp3) is 0.625. The van der Waals surface area contributed by atoms with Crippen molar-refractivity contribution in [2.24, 2.45) is 0 Å². The van der Waals surface area contributed by atoms with Crippen LogP contribution in [0.4, 0.5) is 10.6 Å². The minimum absolute atomic E-state index is 0.0313. The van der Waals surface area contributed by atoms with Gasteiger partial charge in [-0.15, -0.1) is 0 Å². The molecule has 1 aliphatic heterocycles. The van der Waals surface area contributed by atoms with Crippen LogP contribution < -0.4 is 4.74 Å². The molecule has 1 aromatic rings. The molecule has 0 spiro atoms. The number of hydrogen-bond acceptors (Lipinski definition) is 7. The standard InChI is InChI=1S/C16H23N3O6/c1-15(2,3)25-14(20)18-10-8-16(4,23-5)13(18)24-11-7-6-9-17-12(11)19(21)22/h6-7,9,13H,8,10H2,1-5H3. The van der Waals surface area contributed by atoms with E-state index in [1.54, 1.807) is 27.7 Å². The van der Waals surface area contributed by atoms with Gasteiger partial charge in [-0.2, -0.15) is 0 Å². The Kier molecular flexibility index (Phi) is 5.17. The maximum Gasteiger partial charge on any atom is 0.413 e. The normalized spacial score (nSPS) is 23.4. The highest BCUT2D eigenvalue weighted by Crippen LogP contribution is 2.36. The smallest absolute Gasteiger partial charge is 0.413 e. The van der Waals surface area contributed by atoms with E-state index in [2.05, 4.69) is 4.98 Å². The van der Waals surface area contributed by atoms with E-state index in [4.69, 9.17) is 14.2 Å². The molecule has 0 radical (unpaired) electrons. The zero-order valence-corrected chi connectivity index (χ0v) is 15.0. The Morgan fingerprint density at radius 3 is 2.72 bits per heavy atom. The molecular formula is C16H23N3O6. The van der Waals surface area contributed by atoms with Gasteiger partial charge in [-0.1, -0.05) is 0 Å². The van der Waals surface area contributed by atoms with Crippen molar-refractivity contribution >= 4 is 11.9 Å². The molecule has 1 amide bonds. The molecule has 25 heavy (non-hydrogen) atoms. The van der Waals surface area contributed by atoms with Gasteiger partial charge in [0.05, 0.1) is 0 Å². The molecule has 2 unspecified atom stereocenters. The van der Waals surface area contributed by atoms with Gasteiger partial charge < -0.3 is 24.3 Å². The lowest BCUT2D eigenvalue weighted by Gasteiger charge is -2.34. The maximum atomic E-state index is 12.5. The van der Waals surface area contributed by atoms with E-state index in [1.165, 1.54) is 30.3 Å². The summed E-state index contributed by atoms with van der Waals surface area (Å²) in [4.78, 5) is 28.1. The number of aromatic nitrogens is 1. The van der Waals surface area contributed by atoms with Gasteiger partial charge in [0.1, 0.15) is 17.4 Å². The molecule has 0 saturated carbocycles. The quantitative estimate of drug-likeness (QED) is 0.605. The fourth-order valence-corrected chi connectivity index (χ4v) is 2.54. The van der Waals surface area contributed by atoms with E-state index in [1.807, 2.05) is 0 Å². The van der Waals surface area contributed by atoms with Crippen LogP contribution in [0.2, 0.25) is 0 Å². The molecule has 9 nitrogen and oxygen atoms in total. The maximum absolute atomic E-state index is 12.5. The van der Waals surface area contributed by atoms with Crippen LogP contribution in [0.1, 0.15) is 34.1 Å². The summed E-state index contributed by atoms with van der Waals surface area (Å²) in [6.07, 6.45) is 0.363. The topological polar surface area (TPSA) is 104 Å². The number of pyridine rings is 1. The summed E-state index contributed by atoms with van der Waals surface area (Å²) >= 11 is 0. The third kappa shape index (κ3) is 4.16. The van der Waals surface area contributed by atoms with Crippen LogP contribution in [0.15, 0.2) is 18.3 Å². The minimum Gasteiger partial charge on any atom is -0.458 e. The van der Waals surface area contributed by atoms with Gasteiger partial charge in [-0.25, -0.2) is 4.79 Å². The number of nitrogens with zero attached hydrogens (tertiary/aromatic N) is 3. The summed E-state index contributed by atoms with van der Waals surface area (Å²) in [6, 6.07) is 2.96. The number of likely N-dealkylation sites (tertiary alicyclic amines) is 1. The van der Waals surface area contributed by atoms with E-state index >= 15 is 0 Å². The lowest BCUT2D eigenvalue weighted by molar-refractivity contribution is -0.391. The van der Waals surface area contributed by atoms with Crippen molar-refractivity contribution in [1.29, 1.82) is 0 Å². The van der Waals surface area contributed by atoms with Crippen molar-refractivity contribution in [2.45, 2.75) is 51.5 Å². The number of ether oxygens (including phenoxy) is 3. The van der Waals surface area contributed by atoms with E-state index in [0.717, 1.165) is 0 Å². The molecule has 1 aromatic heterocycles. The Morgan fingerprint density at radius 2 is 2.16 bits per heavy atom. The van der Waals surface area contributed by atoms with Crippen LogP contribution in [0.5, 0.6) is 5.75 Å². The number of rotatable bonds is 4. The van der Waals surface area contributed by atoms with Crippen molar-refractivity contribution in [3.8, 4) is 5.75 Å². The SMILES string of the molecule is COC1(C)CCN(C(=O)OC(C)(C)C)C1Oc1cccnc1[N+](=O)[O-]. The van der Waals surface area contributed by atoms with Crippen molar-refractivity contribution in [2.75, 3.05) is 13.7 Å². The van der Waals surface area contributed by atoms with Crippen LogP contribution in [-0.2, 0) is 9.47 Å². The Balaban J connectivity index is 2.32. The Hall–Kier alpha value is -2.42. The molecule has 0 bridgehead atoms. The molecular weight excluding hydrogens is 330 g/mol. The van der Waals surface area contributed by atoms with E-state index in [-0.39, 0.29) is 5.75 Å². The van der Waals surface area contributed by atoms with Crippen LogP contribution in [0.25, 0.3) is 0 Å². The fourth-order valence-electron chi connectivity index (χ4n) is 2.54. The van der Waals surface area contributed by atoms with Gasteiger partial charge in [0, 0.05) is 13.7 Å². The van der Waals surface area contributed by atoms with E-state index in [0.29, 0.717) is 13.0 Å². The number of carbonyl (C=O) groups is 1. The summed E-state index contributed by atoms with van der Waals surface area (Å²) in [5.41, 5.74) is -1.51. The van der Waals surface area contributed by atoms with Gasteiger partial charge in [0.15, 0.2) is 0 Å². The highest BCUT2D eigenvalue weighted by molar-refractivity contribution is 5.69. The second-order valence-corrected chi connectivity index (χ2v) is 6.99. The van der Waals surface area contributed by atoms with Gasteiger partial charge in [-0.05, 0) is 56.2 Å². The minimum atomic E-state index is -0.879. The molecule has 0 N–H and O–H groups in total. The van der Waals surface area contributed by atoms with E-state index < -0.39 is 34.3 Å². The molecule has 1 fully saturated rings. The molecule has 2 rings (SSSR count). The predicted molar refractivity (Wildman–Crippen MR) is 88.3 cm³/mol. The molecule has 0 aliphatic carbocycles. The molecule has 1 saturated heterocycles. The van der Waals surface area contributed by atoms with Crippen LogP contribution in [0.3, 0.4) is 0 Å². The summed E-state index contributed by atoms with van der Waals surface area (Å²) in [7, 11) is 1.51. The third-order valence-electron chi connectivity index (χ3n) is 3.91. The highest BCUT2D eigenvalue weighted by Gasteiger charge is 2.50. The van der Waals surface area contributed by atoms with Crippen molar-refractivity contribution in [3.63, 3.8) is 0 Å². The molecule has 138 valence electrons. The number of carbonyl (C=O) groups excluding carboxylic acids is 1. The second-order valence-electron chi connectivity index (χ2n) is 6.99. The van der Waals surface area contributed by atoms with Crippen molar-refractivity contribution < 1.29 is 23.9 Å². The van der Waals surface area contributed by atoms with Crippen LogP contribution in [0, 0.1) is 10.1 Å². The zero-order valence-electron chi connectivity index (χ0n) is 15.0. The van der Waals surface area contributed by atoms with Gasteiger partial charge in [-0.3, -0.25) is 4.90 Å². The molecule has 1 aliphatic rings. The number of methoxy groups -OCH3 is 1. The molecule has 0 aromatic carbocycles.